The van der Waals surface area contributed by atoms with Gasteiger partial charge in [0.25, 0.3) is 0 Å². The summed E-state index contributed by atoms with van der Waals surface area (Å²) in [6.07, 6.45) is 6.58. The maximum Gasteiger partial charge on any atom is 0.309 e. The Kier molecular flexibility index (Phi) is 7.21. The molecule has 0 aliphatic carbocycles. The minimum Gasteiger partial charge on any atom is -0.348 e. The first kappa shape index (κ1) is 10.5. The molecule has 0 rings (SSSR count). The van der Waals surface area contributed by atoms with Gasteiger partial charge in [0.1, 0.15) is 0 Å². The summed E-state index contributed by atoms with van der Waals surface area (Å²) in [5.41, 5.74) is 0. The second kappa shape index (κ2) is 7.58. The third-order valence-electron chi connectivity index (χ3n) is 2.01. The summed E-state index contributed by atoms with van der Waals surface area (Å²) in [5, 5.41) is 2.60. The third-order valence-corrected chi connectivity index (χ3v) is 2.01. The van der Waals surface area contributed by atoms with Gasteiger partial charge < -0.3 is 5.32 Å². The number of rotatable bonds is 7. The number of nitrogens with one attached hydrogen (secondary N) is 1. The SMILES string of the molecule is CCCCC(CC)CN[C]=O. The van der Waals surface area contributed by atoms with Crippen LogP contribution >= 0.6 is 0 Å². The van der Waals surface area contributed by atoms with Crippen LogP contribution in [0.2, 0.25) is 0 Å². The van der Waals surface area contributed by atoms with E-state index in [0.29, 0.717) is 5.92 Å². The lowest BCUT2D eigenvalue weighted by Gasteiger charge is -2.12. The molecule has 1 radical (unpaired) electrons. The van der Waals surface area contributed by atoms with Crippen LogP contribution in [0.25, 0.3) is 0 Å². The summed E-state index contributed by atoms with van der Waals surface area (Å²) in [6, 6.07) is 0. The van der Waals surface area contributed by atoms with Crippen molar-refractivity contribution in [1.82, 2.24) is 5.32 Å². The first-order valence-electron chi connectivity index (χ1n) is 4.45. The van der Waals surface area contributed by atoms with Crippen molar-refractivity contribution in [1.29, 1.82) is 0 Å². The molecule has 0 fully saturated rings. The Morgan fingerprint density at radius 2 is 2.18 bits per heavy atom. The minimum absolute atomic E-state index is 0.649. The molecule has 0 aromatic heterocycles. The molecule has 1 N–H and O–H groups in total. The Morgan fingerprint density at radius 1 is 1.45 bits per heavy atom. The maximum atomic E-state index is 9.86. The Labute approximate surface area is 69.4 Å². The van der Waals surface area contributed by atoms with Crippen molar-refractivity contribution < 1.29 is 4.79 Å². The molecule has 0 aromatic rings. The van der Waals surface area contributed by atoms with E-state index in [-0.39, 0.29) is 0 Å². The van der Waals surface area contributed by atoms with E-state index in [2.05, 4.69) is 19.2 Å². The highest BCUT2D eigenvalue weighted by atomic mass is 16.1. The van der Waals surface area contributed by atoms with E-state index in [0.717, 1.165) is 13.0 Å². The van der Waals surface area contributed by atoms with Crippen LogP contribution in [0.3, 0.4) is 0 Å². The lowest BCUT2D eigenvalue weighted by atomic mass is 10.00. The molecule has 1 atom stereocenters. The summed E-state index contributed by atoms with van der Waals surface area (Å²) in [6.45, 7) is 5.14. The Balaban J connectivity index is 3.32. The van der Waals surface area contributed by atoms with E-state index >= 15 is 0 Å². The van der Waals surface area contributed by atoms with Gasteiger partial charge in [-0.15, -0.1) is 0 Å². The lowest BCUT2D eigenvalue weighted by Crippen LogP contribution is -2.20. The van der Waals surface area contributed by atoms with Gasteiger partial charge in [-0.3, -0.25) is 4.79 Å². The van der Waals surface area contributed by atoms with Crippen molar-refractivity contribution >= 4 is 6.41 Å². The van der Waals surface area contributed by atoms with Crippen LogP contribution < -0.4 is 5.32 Å². The largest absolute Gasteiger partial charge is 0.348 e. The molecule has 0 aliphatic heterocycles. The second-order valence-electron chi connectivity index (χ2n) is 2.90. The highest BCUT2D eigenvalue weighted by Gasteiger charge is 2.03. The van der Waals surface area contributed by atoms with Gasteiger partial charge in [-0.1, -0.05) is 33.1 Å². The van der Waals surface area contributed by atoms with Gasteiger partial charge in [0, 0.05) is 6.54 Å². The summed E-state index contributed by atoms with van der Waals surface area (Å²) >= 11 is 0. The molecule has 0 saturated carbocycles. The van der Waals surface area contributed by atoms with Crippen molar-refractivity contribution in [3.63, 3.8) is 0 Å². The maximum absolute atomic E-state index is 9.86. The van der Waals surface area contributed by atoms with Crippen molar-refractivity contribution in [2.75, 3.05) is 6.54 Å². The number of carbonyl (C=O) groups excluding carboxylic acids is 1. The second-order valence-corrected chi connectivity index (χ2v) is 2.90. The molecule has 0 heterocycles. The molecule has 1 unspecified atom stereocenters. The van der Waals surface area contributed by atoms with E-state index in [4.69, 9.17) is 0 Å². The van der Waals surface area contributed by atoms with E-state index in [1.54, 1.807) is 6.41 Å². The summed E-state index contributed by atoms with van der Waals surface area (Å²) in [7, 11) is 0. The normalized spacial score (nSPS) is 12.5. The zero-order chi connectivity index (χ0) is 8.53. The summed E-state index contributed by atoms with van der Waals surface area (Å²) < 4.78 is 0. The highest BCUT2D eigenvalue weighted by Crippen LogP contribution is 2.10. The summed E-state index contributed by atoms with van der Waals surface area (Å²) in [4.78, 5) is 9.86. The van der Waals surface area contributed by atoms with Crippen LogP contribution in [-0.4, -0.2) is 13.0 Å². The topological polar surface area (TPSA) is 29.1 Å². The molecular weight excluding hydrogens is 138 g/mol. The minimum atomic E-state index is 0.649. The average molecular weight is 156 g/mol. The van der Waals surface area contributed by atoms with Crippen LogP contribution in [0.4, 0.5) is 0 Å². The van der Waals surface area contributed by atoms with Crippen molar-refractivity contribution in [2.45, 2.75) is 39.5 Å². The fraction of sp³-hybridized carbons (Fsp3) is 0.889. The zero-order valence-electron chi connectivity index (χ0n) is 7.52. The smallest absolute Gasteiger partial charge is 0.309 e. The molecule has 11 heavy (non-hydrogen) atoms. The molecule has 1 amide bonds. The van der Waals surface area contributed by atoms with Crippen LogP contribution in [-0.2, 0) is 4.79 Å². The van der Waals surface area contributed by atoms with Gasteiger partial charge in [-0.05, 0) is 12.3 Å². The molecule has 2 nitrogen and oxygen atoms in total. The van der Waals surface area contributed by atoms with Gasteiger partial charge in [-0.25, -0.2) is 0 Å². The zero-order valence-corrected chi connectivity index (χ0v) is 7.52. The standard InChI is InChI=1S/C9H18NO/c1-3-5-6-9(4-2)7-10-8-11/h9H,3-7H2,1-2H3,(H,10,11). The Bertz CT molecular complexity index is 93.6. The number of hydrogen-bond acceptors (Lipinski definition) is 1. The molecule has 0 bridgehead atoms. The molecule has 0 aromatic carbocycles. The van der Waals surface area contributed by atoms with Gasteiger partial charge in [0.2, 0.25) is 0 Å². The first-order chi connectivity index (χ1) is 5.35. The van der Waals surface area contributed by atoms with Gasteiger partial charge in [0.15, 0.2) is 0 Å². The predicted molar refractivity (Wildman–Crippen MR) is 47.0 cm³/mol. The first-order valence-corrected chi connectivity index (χ1v) is 4.45. The molecule has 65 valence electrons. The fourth-order valence-electron chi connectivity index (χ4n) is 1.13. The molecule has 2 heteroatoms. The third kappa shape index (κ3) is 5.89. The van der Waals surface area contributed by atoms with Crippen LogP contribution in [0, 0.1) is 5.92 Å². The Hall–Kier alpha value is -0.530. The Morgan fingerprint density at radius 3 is 2.64 bits per heavy atom. The predicted octanol–water partition coefficient (Wildman–Crippen LogP) is 1.86. The summed E-state index contributed by atoms with van der Waals surface area (Å²) in [5.74, 6) is 0.649. The molecule has 0 aliphatic rings. The van der Waals surface area contributed by atoms with Crippen molar-refractivity contribution in [2.24, 2.45) is 5.92 Å². The van der Waals surface area contributed by atoms with E-state index < -0.39 is 0 Å². The quantitative estimate of drug-likeness (QED) is 0.560. The van der Waals surface area contributed by atoms with E-state index in [1.807, 2.05) is 0 Å². The number of unbranched alkanes of at least 4 members (excludes halogenated alkanes) is 1. The average Bonchev–Trinajstić information content (AvgIpc) is 2.05. The van der Waals surface area contributed by atoms with E-state index in [9.17, 15) is 4.79 Å². The van der Waals surface area contributed by atoms with Gasteiger partial charge >= 0.3 is 6.41 Å². The van der Waals surface area contributed by atoms with Gasteiger partial charge in [0.05, 0.1) is 0 Å². The van der Waals surface area contributed by atoms with E-state index in [1.165, 1.54) is 19.3 Å². The monoisotopic (exact) mass is 156 g/mol. The number of amides is 1. The van der Waals surface area contributed by atoms with Crippen LogP contribution in [0.5, 0.6) is 0 Å². The van der Waals surface area contributed by atoms with Gasteiger partial charge in [-0.2, -0.15) is 0 Å². The number of hydrogen-bond donors (Lipinski definition) is 1. The lowest BCUT2D eigenvalue weighted by molar-refractivity contribution is 0.437. The van der Waals surface area contributed by atoms with Crippen LogP contribution in [0.15, 0.2) is 0 Å². The molecular formula is C9H18NO. The highest BCUT2D eigenvalue weighted by molar-refractivity contribution is 5.46. The molecule has 0 saturated heterocycles. The fourth-order valence-corrected chi connectivity index (χ4v) is 1.13. The van der Waals surface area contributed by atoms with Crippen molar-refractivity contribution in [3.8, 4) is 0 Å². The van der Waals surface area contributed by atoms with Crippen LogP contribution in [0.1, 0.15) is 39.5 Å². The molecule has 0 spiro atoms. The van der Waals surface area contributed by atoms with Crippen molar-refractivity contribution in [3.05, 3.63) is 0 Å².